The molecular formula is C17H20N4O3. The van der Waals surface area contributed by atoms with Crippen molar-refractivity contribution < 1.29 is 9.32 Å². The maximum absolute atomic E-state index is 12.9. The van der Waals surface area contributed by atoms with E-state index in [4.69, 9.17) is 4.52 Å². The molecule has 0 spiro atoms. The highest BCUT2D eigenvalue weighted by atomic mass is 16.5. The van der Waals surface area contributed by atoms with Crippen molar-refractivity contribution in [2.24, 2.45) is 5.92 Å². The van der Waals surface area contributed by atoms with Gasteiger partial charge >= 0.3 is 5.76 Å². The van der Waals surface area contributed by atoms with Crippen LogP contribution in [-0.2, 0) is 11.3 Å². The van der Waals surface area contributed by atoms with Gasteiger partial charge in [0.15, 0.2) is 0 Å². The second-order valence-corrected chi connectivity index (χ2v) is 6.68. The predicted molar refractivity (Wildman–Crippen MR) is 86.0 cm³/mol. The van der Waals surface area contributed by atoms with Crippen LogP contribution < -0.4 is 5.76 Å². The van der Waals surface area contributed by atoms with E-state index in [1.807, 2.05) is 4.90 Å². The maximum atomic E-state index is 12.9. The highest BCUT2D eigenvalue weighted by molar-refractivity contribution is 5.77. The smallest absolute Gasteiger partial charge is 0.335 e. The van der Waals surface area contributed by atoms with E-state index in [-0.39, 0.29) is 18.5 Å². The van der Waals surface area contributed by atoms with Crippen molar-refractivity contribution in [3.05, 3.63) is 34.9 Å². The van der Waals surface area contributed by atoms with E-state index in [2.05, 4.69) is 17.1 Å². The van der Waals surface area contributed by atoms with E-state index < -0.39 is 5.76 Å². The number of pyridine rings is 1. The first-order chi connectivity index (χ1) is 11.6. The van der Waals surface area contributed by atoms with Gasteiger partial charge in [0.05, 0.1) is 0 Å². The first-order valence-corrected chi connectivity index (χ1v) is 8.44. The van der Waals surface area contributed by atoms with Gasteiger partial charge in [0, 0.05) is 18.3 Å². The largest absolute Gasteiger partial charge is 0.442 e. The van der Waals surface area contributed by atoms with Crippen LogP contribution in [0.1, 0.15) is 32.6 Å². The lowest BCUT2D eigenvalue weighted by atomic mass is 10.1. The van der Waals surface area contributed by atoms with Gasteiger partial charge in [-0.1, -0.05) is 11.2 Å². The Morgan fingerprint density at radius 2 is 2.17 bits per heavy atom. The SMILES string of the molecule is CC(C1CC1)N(C(=O)Cn1c(-c2ccccn2)noc1=O)C1CC1. The molecule has 2 aliphatic carbocycles. The van der Waals surface area contributed by atoms with Gasteiger partial charge in [0.25, 0.3) is 0 Å². The van der Waals surface area contributed by atoms with Gasteiger partial charge in [-0.15, -0.1) is 0 Å². The van der Waals surface area contributed by atoms with Crippen LogP contribution in [0.2, 0.25) is 0 Å². The average molecular weight is 328 g/mol. The summed E-state index contributed by atoms with van der Waals surface area (Å²) in [4.78, 5) is 31.0. The second-order valence-electron chi connectivity index (χ2n) is 6.68. The molecule has 0 saturated heterocycles. The Bertz CT molecular complexity index is 790. The van der Waals surface area contributed by atoms with E-state index in [1.165, 1.54) is 17.4 Å². The molecule has 0 N–H and O–H groups in total. The molecule has 1 amide bonds. The lowest BCUT2D eigenvalue weighted by Gasteiger charge is -2.29. The fourth-order valence-electron chi connectivity index (χ4n) is 3.23. The Morgan fingerprint density at radius 3 is 2.79 bits per heavy atom. The average Bonchev–Trinajstić information content (AvgIpc) is 3.48. The van der Waals surface area contributed by atoms with Crippen LogP contribution in [0, 0.1) is 5.92 Å². The summed E-state index contributed by atoms with van der Waals surface area (Å²) in [5.74, 6) is 0.228. The van der Waals surface area contributed by atoms with Crippen molar-refractivity contribution in [3.8, 4) is 11.5 Å². The Kier molecular flexibility index (Phi) is 3.70. The van der Waals surface area contributed by atoms with Gasteiger partial charge in [-0.25, -0.2) is 9.36 Å². The number of nitrogens with zero attached hydrogens (tertiary/aromatic N) is 4. The standard InChI is InChI=1S/C17H20N4O3/c1-11(12-5-6-12)21(13-7-8-13)15(22)10-20-16(19-24-17(20)23)14-4-2-3-9-18-14/h2-4,9,11-13H,5-8,10H2,1H3. The minimum atomic E-state index is -0.626. The van der Waals surface area contributed by atoms with Crippen LogP contribution in [0.25, 0.3) is 11.5 Å². The van der Waals surface area contributed by atoms with Crippen LogP contribution in [0.3, 0.4) is 0 Å². The fourth-order valence-corrected chi connectivity index (χ4v) is 3.23. The molecular weight excluding hydrogens is 308 g/mol. The van der Waals surface area contributed by atoms with Crippen molar-refractivity contribution >= 4 is 5.91 Å². The molecule has 126 valence electrons. The van der Waals surface area contributed by atoms with Crippen molar-refractivity contribution in [1.82, 2.24) is 19.6 Å². The molecule has 1 unspecified atom stereocenters. The molecule has 24 heavy (non-hydrogen) atoms. The third kappa shape index (κ3) is 2.86. The fraction of sp³-hybridized carbons (Fsp3) is 0.529. The molecule has 4 rings (SSSR count). The monoisotopic (exact) mass is 328 g/mol. The van der Waals surface area contributed by atoms with Crippen molar-refractivity contribution in [2.75, 3.05) is 0 Å². The topological polar surface area (TPSA) is 81.2 Å². The summed E-state index contributed by atoms with van der Waals surface area (Å²) >= 11 is 0. The molecule has 7 heteroatoms. The molecule has 7 nitrogen and oxygen atoms in total. The normalized spacial score (nSPS) is 18.4. The molecule has 0 aromatic carbocycles. The van der Waals surface area contributed by atoms with E-state index in [9.17, 15) is 9.59 Å². The van der Waals surface area contributed by atoms with E-state index in [0.717, 1.165) is 12.8 Å². The zero-order valence-electron chi connectivity index (χ0n) is 13.6. The molecule has 0 bridgehead atoms. The first-order valence-electron chi connectivity index (χ1n) is 8.44. The quantitative estimate of drug-likeness (QED) is 0.806. The zero-order valence-corrected chi connectivity index (χ0v) is 13.6. The van der Waals surface area contributed by atoms with Crippen molar-refractivity contribution in [2.45, 2.75) is 51.2 Å². The minimum Gasteiger partial charge on any atom is -0.335 e. The van der Waals surface area contributed by atoms with Crippen LogP contribution in [-0.4, -0.2) is 37.6 Å². The van der Waals surface area contributed by atoms with Gasteiger partial charge in [-0.2, -0.15) is 0 Å². The summed E-state index contributed by atoms with van der Waals surface area (Å²) in [6.45, 7) is 2.06. The van der Waals surface area contributed by atoms with Gasteiger partial charge in [0.2, 0.25) is 11.7 Å². The molecule has 1 atom stereocenters. The van der Waals surface area contributed by atoms with Crippen molar-refractivity contribution in [1.29, 1.82) is 0 Å². The highest BCUT2D eigenvalue weighted by Gasteiger charge is 2.41. The summed E-state index contributed by atoms with van der Waals surface area (Å²) < 4.78 is 6.05. The highest BCUT2D eigenvalue weighted by Crippen LogP contribution is 2.39. The number of amides is 1. The number of aromatic nitrogens is 3. The van der Waals surface area contributed by atoms with Crippen LogP contribution in [0.4, 0.5) is 0 Å². The Morgan fingerprint density at radius 1 is 1.38 bits per heavy atom. The Hall–Kier alpha value is -2.44. The summed E-state index contributed by atoms with van der Waals surface area (Å²) in [5.41, 5.74) is 0.518. The number of carbonyl (C=O) groups excluding carboxylic acids is 1. The third-order valence-electron chi connectivity index (χ3n) is 4.84. The van der Waals surface area contributed by atoms with Crippen LogP contribution in [0.5, 0.6) is 0 Å². The lowest BCUT2D eigenvalue weighted by Crippen LogP contribution is -2.44. The Labute approximate surface area is 139 Å². The summed E-state index contributed by atoms with van der Waals surface area (Å²) in [6.07, 6.45) is 6.09. The van der Waals surface area contributed by atoms with Crippen LogP contribution in [0.15, 0.2) is 33.7 Å². The van der Waals surface area contributed by atoms with E-state index in [0.29, 0.717) is 23.5 Å². The summed E-state index contributed by atoms with van der Waals surface area (Å²) in [7, 11) is 0. The zero-order chi connectivity index (χ0) is 16.7. The number of hydrogen-bond donors (Lipinski definition) is 0. The van der Waals surface area contributed by atoms with Gasteiger partial charge in [-0.3, -0.25) is 14.3 Å². The van der Waals surface area contributed by atoms with E-state index >= 15 is 0 Å². The summed E-state index contributed by atoms with van der Waals surface area (Å²) in [5, 5.41) is 3.79. The lowest BCUT2D eigenvalue weighted by molar-refractivity contribution is -0.135. The Balaban J connectivity index is 1.59. The number of carbonyl (C=O) groups is 1. The molecule has 2 aromatic rings. The van der Waals surface area contributed by atoms with Gasteiger partial charge in [0.1, 0.15) is 12.2 Å². The number of hydrogen-bond acceptors (Lipinski definition) is 5. The second kappa shape index (κ2) is 5.89. The van der Waals surface area contributed by atoms with Gasteiger partial charge in [-0.05, 0) is 50.7 Å². The molecule has 2 aromatic heterocycles. The third-order valence-corrected chi connectivity index (χ3v) is 4.84. The maximum Gasteiger partial charge on any atom is 0.442 e. The number of rotatable bonds is 6. The molecule has 2 aliphatic rings. The molecule has 0 radical (unpaired) electrons. The van der Waals surface area contributed by atoms with Crippen LogP contribution >= 0.6 is 0 Å². The van der Waals surface area contributed by atoms with E-state index in [1.54, 1.807) is 24.4 Å². The van der Waals surface area contributed by atoms with Crippen molar-refractivity contribution in [3.63, 3.8) is 0 Å². The first kappa shape index (κ1) is 15.1. The molecule has 2 saturated carbocycles. The predicted octanol–water partition coefficient (Wildman–Crippen LogP) is 1.69. The molecule has 0 aliphatic heterocycles. The van der Waals surface area contributed by atoms with Gasteiger partial charge < -0.3 is 4.90 Å². The molecule has 2 heterocycles. The summed E-state index contributed by atoms with van der Waals surface area (Å²) in [6, 6.07) is 5.88. The molecule has 2 fully saturated rings. The minimum absolute atomic E-state index is 0.0422.